The van der Waals surface area contributed by atoms with Gasteiger partial charge in [-0.3, -0.25) is 0 Å². The number of para-hydroxylation sites is 1. The normalized spacial score (nSPS) is 12.3. The summed E-state index contributed by atoms with van der Waals surface area (Å²) in [6, 6.07) is 9.26. The maximum Gasteiger partial charge on any atom is 0.347 e. The highest BCUT2D eigenvalue weighted by atomic mass is 16.6. The van der Waals surface area contributed by atoms with Crippen molar-refractivity contribution in [2.24, 2.45) is 5.92 Å². The third-order valence-corrected chi connectivity index (χ3v) is 2.05. The number of esters is 1. The minimum absolute atomic E-state index is 0.0812. The average Bonchev–Trinajstić information content (AvgIpc) is 2.26. The van der Waals surface area contributed by atoms with Gasteiger partial charge >= 0.3 is 5.97 Å². The van der Waals surface area contributed by atoms with Gasteiger partial charge in [0.25, 0.3) is 0 Å². The summed E-state index contributed by atoms with van der Waals surface area (Å²) in [6.45, 7) is 3.84. The molecule has 82 valence electrons. The predicted octanol–water partition coefficient (Wildman–Crippen LogP) is 2.26. The average molecular weight is 208 g/mol. The maximum absolute atomic E-state index is 11.4. The van der Waals surface area contributed by atoms with E-state index in [1.54, 1.807) is 0 Å². The van der Waals surface area contributed by atoms with E-state index < -0.39 is 6.10 Å². The molecule has 0 radical (unpaired) electrons. The molecule has 0 amide bonds. The Morgan fingerprint density at radius 3 is 2.27 bits per heavy atom. The van der Waals surface area contributed by atoms with Gasteiger partial charge in [0.1, 0.15) is 5.75 Å². The lowest BCUT2D eigenvalue weighted by Crippen LogP contribution is -2.33. The van der Waals surface area contributed by atoms with E-state index in [9.17, 15) is 4.79 Å². The molecule has 0 heterocycles. The zero-order chi connectivity index (χ0) is 11.3. The molecule has 1 aromatic carbocycles. The van der Waals surface area contributed by atoms with Crippen LogP contribution in [0, 0.1) is 5.92 Å². The predicted molar refractivity (Wildman–Crippen MR) is 57.7 cm³/mol. The van der Waals surface area contributed by atoms with Crippen LogP contribution in [-0.4, -0.2) is 19.2 Å². The van der Waals surface area contributed by atoms with Crippen LogP contribution in [0.4, 0.5) is 0 Å². The summed E-state index contributed by atoms with van der Waals surface area (Å²) in [5.74, 6) is 0.424. The van der Waals surface area contributed by atoms with Gasteiger partial charge in [-0.1, -0.05) is 32.0 Å². The molecule has 0 N–H and O–H groups in total. The number of rotatable bonds is 4. The summed E-state index contributed by atoms with van der Waals surface area (Å²) in [7, 11) is 1.37. The Kier molecular flexibility index (Phi) is 4.16. The molecule has 3 nitrogen and oxygen atoms in total. The summed E-state index contributed by atoms with van der Waals surface area (Å²) in [5.41, 5.74) is 0. The molecule has 3 heteroatoms. The molecule has 0 fully saturated rings. The molecule has 0 saturated heterocycles. The first-order chi connectivity index (χ1) is 7.15. The minimum atomic E-state index is -0.544. The molecule has 1 atom stereocenters. The molecule has 0 aliphatic carbocycles. The molecule has 0 saturated carbocycles. The van der Waals surface area contributed by atoms with Gasteiger partial charge in [-0.15, -0.1) is 0 Å². The Hall–Kier alpha value is -1.51. The molecule has 0 aliphatic rings. The fraction of sp³-hybridized carbons (Fsp3) is 0.417. The molecule has 0 spiro atoms. The highest BCUT2D eigenvalue weighted by molar-refractivity contribution is 5.75. The maximum atomic E-state index is 11.4. The van der Waals surface area contributed by atoms with Crippen LogP contribution >= 0.6 is 0 Å². The Labute approximate surface area is 90.0 Å². The van der Waals surface area contributed by atoms with Gasteiger partial charge in [-0.25, -0.2) is 4.79 Å². The summed E-state index contributed by atoms with van der Waals surface area (Å²) in [6.07, 6.45) is -0.544. The second-order valence-electron chi connectivity index (χ2n) is 3.62. The van der Waals surface area contributed by atoms with Crippen molar-refractivity contribution in [1.82, 2.24) is 0 Å². The van der Waals surface area contributed by atoms with Crippen molar-refractivity contribution in [3.05, 3.63) is 30.3 Å². The number of benzene rings is 1. The van der Waals surface area contributed by atoms with Crippen molar-refractivity contribution in [2.45, 2.75) is 20.0 Å². The number of hydrogen-bond donors (Lipinski definition) is 0. The fourth-order valence-corrected chi connectivity index (χ4v) is 1.22. The van der Waals surface area contributed by atoms with Crippen molar-refractivity contribution >= 4 is 5.97 Å². The van der Waals surface area contributed by atoms with Gasteiger partial charge < -0.3 is 9.47 Å². The zero-order valence-corrected chi connectivity index (χ0v) is 9.27. The molecule has 1 unspecified atom stereocenters. The van der Waals surface area contributed by atoms with E-state index in [4.69, 9.17) is 4.74 Å². The molecule has 15 heavy (non-hydrogen) atoms. The number of hydrogen-bond acceptors (Lipinski definition) is 3. The number of carbonyl (C=O) groups excluding carboxylic acids is 1. The minimum Gasteiger partial charge on any atom is -0.478 e. The molecule has 1 rings (SSSR count). The van der Waals surface area contributed by atoms with Crippen molar-refractivity contribution in [2.75, 3.05) is 7.11 Å². The van der Waals surface area contributed by atoms with Crippen LogP contribution in [0.25, 0.3) is 0 Å². The van der Waals surface area contributed by atoms with Gasteiger partial charge in [0, 0.05) is 5.92 Å². The number of carbonyl (C=O) groups is 1. The second-order valence-corrected chi connectivity index (χ2v) is 3.62. The number of methoxy groups -OCH3 is 1. The van der Waals surface area contributed by atoms with Crippen LogP contribution in [0.15, 0.2) is 30.3 Å². The SMILES string of the molecule is COC(=O)C(Oc1ccccc1)C(C)C. The van der Waals surface area contributed by atoms with Crippen LogP contribution in [0.5, 0.6) is 5.75 Å². The van der Waals surface area contributed by atoms with Crippen LogP contribution in [0.1, 0.15) is 13.8 Å². The van der Waals surface area contributed by atoms with E-state index in [1.165, 1.54) is 7.11 Å². The Morgan fingerprint density at radius 1 is 1.20 bits per heavy atom. The third kappa shape index (κ3) is 3.27. The highest BCUT2D eigenvalue weighted by Gasteiger charge is 2.24. The molecule has 0 bridgehead atoms. The first-order valence-corrected chi connectivity index (χ1v) is 4.94. The lowest BCUT2D eigenvalue weighted by molar-refractivity contribution is -0.150. The fourth-order valence-electron chi connectivity index (χ4n) is 1.22. The van der Waals surface area contributed by atoms with Crippen molar-refractivity contribution in [3.8, 4) is 5.75 Å². The topological polar surface area (TPSA) is 35.5 Å². The van der Waals surface area contributed by atoms with E-state index >= 15 is 0 Å². The van der Waals surface area contributed by atoms with Crippen LogP contribution < -0.4 is 4.74 Å². The summed E-state index contributed by atoms with van der Waals surface area (Å²) in [4.78, 5) is 11.4. The van der Waals surface area contributed by atoms with Gasteiger partial charge in [0.2, 0.25) is 0 Å². The van der Waals surface area contributed by atoms with Crippen molar-refractivity contribution in [3.63, 3.8) is 0 Å². The van der Waals surface area contributed by atoms with Crippen molar-refractivity contribution < 1.29 is 14.3 Å². The second kappa shape index (κ2) is 5.39. The molecule has 0 aliphatic heterocycles. The quantitative estimate of drug-likeness (QED) is 0.712. The number of ether oxygens (including phenoxy) is 2. The molecule has 1 aromatic rings. The Bertz CT molecular complexity index is 306. The summed E-state index contributed by atoms with van der Waals surface area (Å²) >= 11 is 0. The van der Waals surface area contributed by atoms with Gasteiger partial charge in [-0.05, 0) is 12.1 Å². The van der Waals surface area contributed by atoms with Gasteiger partial charge in [-0.2, -0.15) is 0 Å². The first kappa shape index (κ1) is 11.6. The molecular weight excluding hydrogens is 192 g/mol. The monoisotopic (exact) mass is 208 g/mol. The third-order valence-electron chi connectivity index (χ3n) is 2.05. The molecular formula is C12H16O3. The van der Waals surface area contributed by atoms with Gasteiger partial charge in [0.15, 0.2) is 6.10 Å². The van der Waals surface area contributed by atoms with E-state index in [0.717, 1.165) is 0 Å². The summed E-state index contributed by atoms with van der Waals surface area (Å²) in [5, 5.41) is 0. The van der Waals surface area contributed by atoms with E-state index in [-0.39, 0.29) is 11.9 Å². The Balaban J connectivity index is 2.72. The first-order valence-electron chi connectivity index (χ1n) is 4.94. The highest BCUT2D eigenvalue weighted by Crippen LogP contribution is 2.16. The lowest BCUT2D eigenvalue weighted by Gasteiger charge is -2.19. The van der Waals surface area contributed by atoms with Crippen LogP contribution in [-0.2, 0) is 9.53 Å². The molecule has 0 aromatic heterocycles. The van der Waals surface area contributed by atoms with Crippen LogP contribution in [0.3, 0.4) is 0 Å². The lowest BCUT2D eigenvalue weighted by atomic mass is 10.1. The van der Waals surface area contributed by atoms with Crippen LogP contribution in [0.2, 0.25) is 0 Å². The Morgan fingerprint density at radius 2 is 1.80 bits per heavy atom. The smallest absolute Gasteiger partial charge is 0.347 e. The van der Waals surface area contributed by atoms with Gasteiger partial charge in [0.05, 0.1) is 7.11 Å². The van der Waals surface area contributed by atoms with E-state index in [2.05, 4.69) is 4.74 Å². The summed E-state index contributed by atoms with van der Waals surface area (Å²) < 4.78 is 10.2. The van der Waals surface area contributed by atoms with E-state index in [1.807, 2.05) is 44.2 Å². The largest absolute Gasteiger partial charge is 0.478 e. The van der Waals surface area contributed by atoms with Crippen molar-refractivity contribution in [1.29, 1.82) is 0 Å². The zero-order valence-electron chi connectivity index (χ0n) is 9.27. The van der Waals surface area contributed by atoms with E-state index in [0.29, 0.717) is 5.75 Å². The standard InChI is InChI=1S/C12H16O3/c1-9(2)11(12(13)14-3)15-10-7-5-4-6-8-10/h4-9,11H,1-3H3.